The van der Waals surface area contributed by atoms with Gasteiger partial charge in [0, 0.05) is 20.6 Å². The zero-order valence-electron chi connectivity index (χ0n) is 8.67. The fourth-order valence-corrected chi connectivity index (χ4v) is 2.83. The fraction of sp³-hybridized carbons (Fsp3) is 0.857. The molecule has 1 rings (SSSR count). The van der Waals surface area contributed by atoms with Crippen LogP contribution >= 0.6 is 12.4 Å². The molecule has 0 aromatic heterocycles. The van der Waals surface area contributed by atoms with Crippen molar-refractivity contribution in [2.75, 3.05) is 20.6 Å². The summed E-state index contributed by atoms with van der Waals surface area (Å²) in [7, 11) is -0.0442. The summed E-state index contributed by atoms with van der Waals surface area (Å²) in [5.41, 5.74) is 0. The Morgan fingerprint density at radius 2 is 2.13 bits per heavy atom. The van der Waals surface area contributed by atoms with Crippen LogP contribution in [0.5, 0.6) is 0 Å². The van der Waals surface area contributed by atoms with Crippen LogP contribution in [-0.4, -0.2) is 50.6 Å². The number of carbonyl (C=O) groups is 1. The Hall–Kier alpha value is -0.370. The zero-order chi connectivity index (χ0) is 10.9. The summed E-state index contributed by atoms with van der Waals surface area (Å²) < 4.78 is 22.0. The number of nitrogens with zero attached hydrogens (tertiary/aromatic N) is 2. The highest BCUT2D eigenvalue weighted by atomic mass is 35.5. The first kappa shape index (κ1) is 14.6. The van der Waals surface area contributed by atoms with Crippen molar-refractivity contribution in [3.8, 4) is 0 Å². The Labute approximate surface area is 95.9 Å². The highest BCUT2D eigenvalue weighted by molar-refractivity contribution is 7.87. The highest BCUT2D eigenvalue weighted by Crippen LogP contribution is 2.22. The number of hydrogen-bond acceptors (Lipinski definition) is 3. The van der Waals surface area contributed by atoms with Gasteiger partial charge in [-0.2, -0.15) is 4.31 Å². The van der Waals surface area contributed by atoms with Crippen LogP contribution in [-0.2, 0) is 14.9 Å². The van der Waals surface area contributed by atoms with E-state index in [4.69, 9.17) is 9.89 Å². The van der Waals surface area contributed by atoms with Gasteiger partial charge in [0.2, 0.25) is 0 Å². The van der Waals surface area contributed by atoms with Gasteiger partial charge >= 0.3 is 5.97 Å². The van der Waals surface area contributed by atoms with E-state index in [1.54, 1.807) is 0 Å². The second kappa shape index (κ2) is 5.11. The van der Waals surface area contributed by atoms with E-state index in [2.05, 4.69) is 0 Å². The standard InChI is InChI=1S/C7H15N3O3S.ClH/c1-9(2)14(8,13)10-5-3-4-6(10)7(11)12;/h6,8H,3-5H2,1-2H3,(H,11,12);1H/t6-,14?;/m0./s1. The maximum absolute atomic E-state index is 11.9. The number of rotatable bonds is 3. The molecule has 1 unspecified atom stereocenters. The summed E-state index contributed by atoms with van der Waals surface area (Å²) in [5, 5.41) is 8.86. The van der Waals surface area contributed by atoms with Crippen LogP contribution in [0.15, 0.2) is 0 Å². The average Bonchev–Trinajstić information content (AvgIpc) is 2.51. The third kappa shape index (κ3) is 2.81. The molecule has 0 aromatic rings. The number of hydrogen-bond donors (Lipinski definition) is 2. The van der Waals surface area contributed by atoms with Crippen LogP contribution in [0.1, 0.15) is 12.8 Å². The smallest absolute Gasteiger partial charge is 0.322 e. The monoisotopic (exact) mass is 257 g/mol. The molecule has 0 radical (unpaired) electrons. The second-order valence-electron chi connectivity index (χ2n) is 3.45. The molecule has 0 spiro atoms. The van der Waals surface area contributed by atoms with Gasteiger partial charge in [0.05, 0.1) is 0 Å². The first-order valence-corrected chi connectivity index (χ1v) is 5.80. The molecular formula is C7H16ClN3O3S. The predicted octanol–water partition coefficient (Wildman–Crippen LogP) is 0.396. The molecule has 1 fully saturated rings. The van der Waals surface area contributed by atoms with Gasteiger partial charge in [-0.3, -0.25) is 4.79 Å². The van der Waals surface area contributed by atoms with E-state index in [1.807, 2.05) is 0 Å². The minimum absolute atomic E-state index is 0. The molecule has 1 saturated heterocycles. The maximum Gasteiger partial charge on any atom is 0.322 e. The predicted molar refractivity (Wildman–Crippen MR) is 59.2 cm³/mol. The molecule has 1 aliphatic heterocycles. The van der Waals surface area contributed by atoms with E-state index in [-0.39, 0.29) is 12.4 Å². The molecule has 1 heterocycles. The zero-order valence-corrected chi connectivity index (χ0v) is 10.3. The van der Waals surface area contributed by atoms with Crippen LogP contribution in [0, 0.1) is 4.78 Å². The lowest BCUT2D eigenvalue weighted by atomic mass is 10.2. The van der Waals surface area contributed by atoms with Crippen LogP contribution in [0.25, 0.3) is 0 Å². The number of carboxylic acid groups (broad SMARTS) is 1. The van der Waals surface area contributed by atoms with Gasteiger partial charge < -0.3 is 5.11 Å². The summed E-state index contributed by atoms with van der Waals surface area (Å²) in [6.07, 6.45) is 1.15. The number of halogens is 1. The molecule has 8 heteroatoms. The Balaban J connectivity index is 0.00000196. The van der Waals surface area contributed by atoms with Crippen molar-refractivity contribution in [1.82, 2.24) is 8.61 Å². The van der Waals surface area contributed by atoms with E-state index < -0.39 is 22.1 Å². The van der Waals surface area contributed by atoms with Crippen molar-refractivity contribution in [1.29, 1.82) is 4.78 Å². The molecule has 0 aromatic carbocycles. The molecule has 2 atom stereocenters. The third-order valence-electron chi connectivity index (χ3n) is 2.30. The second-order valence-corrected chi connectivity index (χ2v) is 5.64. The topological polar surface area (TPSA) is 84.7 Å². The largest absolute Gasteiger partial charge is 0.480 e. The van der Waals surface area contributed by atoms with Crippen molar-refractivity contribution in [3.05, 3.63) is 0 Å². The number of nitrogens with one attached hydrogen (secondary N) is 1. The summed E-state index contributed by atoms with van der Waals surface area (Å²) in [6, 6.07) is -0.776. The van der Waals surface area contributed by atoms with Crippen LogP contribution in [0.2, 0.25) is 0 Å². The molecule has 90 valence electrons. The SMILES string of the molecule is CN(C)S(=N)(=O)N1CCC[C@H]1C(=O)O.Cl. The lowest BCUT2D eigenvalue weighted by Crippen LogP contribution is -2.45. The molecule has 0 amide bonds. The molecular weight excluding hydrogens is 242 g/mol. The lowest BCUT2D eigenvalue weighted by Gasteiger charge is -2.27. The molecule has 1 aliphatic rings. The van der Waals surface area contributed by atoms with E-state index in [1.165, 1.54) is 22.7 Å². The summed E-state index contributed by atoms with van der Waals surface area (Å²) in [6.45, 7) is 0.414. The van der Waals surface area contributed by atoms with Crippen molar-refractivity contribution in [3.63, 3.8) is 0 Å². The Morgan fingerprint density at radius 1 is 1.60 bits per heavy atom. The van der Waals surface area contributed by atoms with E-state index in [0.29, 0.717) is 19.4 Å². The van der Waals surface area contributed by atoms with E-state index >= 15 is 0 Å². The first-order valence-electron chi connectivity index (χ1n) is 4.33. The average molecular weight is 258 g/mol. The minimum atomic E-state index is -3.08. The number of carboxylic acids is 1. The summed E-state index contributed by atoms with van der Waals surface area (Å²) >= 11 is 0. The van der Waals surface area contributed by atoms with Gasteiger partial charge in [0.25, 0.3) is 0 Å². The highest BCUT2D eigenvalue weighted by Gasteiger charge is 2.37. The molecule has 15 heavy (non-hydrogen) atoms. The Kier molecular flexibility index (Phi) is 4.98. The molecule has 2 N–H and O–H groups in total. The van der Waals surface area contributed by atoms with Crippen molar-refractivity contribution in [2.45, 2.75) is 18.9 Å². The van der Waals surface area contributed by atoms with Crippen molar-refractivity contribution in [2.24, 2.45) is 0 Å². The molecule has 0 bridgehead atoms. The van der Waals surface area contributed by atoms with Crippen LogP contribution in [0.4, 0.5) is 0 Å². The fourth-order valence-electron chi connectivity index (χ4n) is 1.49. The van der Waals surface area contributed by atoms with Gasteiger partial charge in [-0.1, -0.05) is 0 Å². The molecule has 0 saturated carbocycles. The van der Waals surface area contributed by atoms with Crippen molar-refractivity contribution < 1.29 is 14.1 Å². The molecule has 0 aliphatic carbocycles. The first-order chi connectivity index (χ1) is 6.37. The Morgan fingerprint density at radius 3 is 2.53 bits per heavy atom. The quantitative estimate of drug-likeness (QED) is 0.767. The normalized spacial score (nSPS) is 25.9. The lowest BCUT2D eigenvalue weighted by molar-refractivity contribution is -0.140. The third-order valence-corrected chi connectivity index (χ3v) is 4.36. The van der Waals surface area contributed by atoms with Gasteiger partial charge in [-0.15, -0.1) is 12.4 Å². The van der Waals surface area contributed by atoms with Crippen LogP contribution < -0.4 is 0 Å². The minimum Gasteiger partial charge on any atom is -0.480 e. The van der Waals surface area contributed by atoms with Gasteiger partial charge in [-0.05, 0) is 12.8 Å². The van der Waals surface area contributed by atoms with Gasteiger partial charge in [0.15, 0.2) is 10.1 Å². The van der Waals surface area contributed by atoms with E-state index in [9.17, 15) is 9.00 Å². The van der Waals surface area contributed by atoms with Gasteiger partial charge in [0.1, 0.15) is 6.04 Å². The number of aliphatic carboxylic acids is 1. The summed E-state index contributed by atoms with van der Waals surface area (Å²) in [5.74, 6) is -0.996. The Bertz CT molecular complexity index is 330. The van der Waals surface area contributed by atoms with Crippen LogP contribution in [0.3, 0.4) is 0 Å². The summed E-state index contributed by atoms with van der Waals surface area (Å²) in [4.78, 5) is 10.8. The maximum atomic E-state index is 11.9. The van der Waals surface area contributed by atoms with E-state index in [0.717, 1.165) is 0 Å². The molecule has 6 nitrogen and oxygen atoms in total. The van der Waals surface area contributed by atoms with Gasteiger partial charge in [-0.25, -0.2) is 13.3 Å². The van der Waals surface area contributed by atoms with Crippen molar-refractivity contribution >= 4 is 28.5 Å².